The Morgan fingerprint density at radius 3 is 2.03 bits per heavy atom. The van der Waals surface area contributed by atoms with Crippen LogP contribution < -0.4 is 10.2 Å². The van der Waals surface area contributed by atoms with Gasteiger partial charge in [0.25, 0.3) is 0 Å². The van der Waals surface area contributed by atoms with Crippen molar-refractivity contribution < 1.29 is 19.1 Å². The zero-order chi connectivity index (χ0) is 23.5. The van der Waals surface area contributed by atoms with Crippen molar-refractivity contribution in [3.63, 3.8) is 0 Å². The van der Waals surface area contributed by atoms with Crippen LogP contribution in [0.25, 0.3) is 0 Å². The minimum absolute atomic E-state index is 0.0689. The molecule has 0 saturated carbocycles. The molecule has 1 N–H and O–H groups in total. The maximum absolute atomic E-state index is 12.8. The number of carbonyl (C=O) groups is 3. The van der Waals surface area contributed by atoms with Gasteiger partial charge in [-0.2, -0.15) is 0 Å². The van der Waals surface area contributed by atoms with E-state index in [4.69, 9.17) is 9.72 Å². The van der Waals surface area contributed by atoms with Crippen molar-refractivity contribution in [3.05, 3.63) is 17.7 Å². The van der Waals surface area contributed by atoms with Crippen LogP contribution >= 0.6 is 0 Å². The summed E-state index contributed by atoms with van der Waals surface area (Å²) in [7, 11) is 0. The summed E-state index contributed by atoms with van der Waals surface area (Å²) in [6, 6.07) is 3.68. The highest BCUT2D eigenvalue weighted by Gasteiger charge is 2.25. The zero-order valence-electron chi connectivity index (χ0n) is 19.8. The second-order valence-corrected chi connectivity index (χ2v) is 9.52. The van der Waals surface area contributed by atoms with Gasteiger partial charge in [0.1, 0.15) is 17.2 Å². The highest BCUT2D eigenvalue weighted by Crippen LogP contribution is 2.24. The number of hydrogen-bond acceptors (Lipinski definition) is 7. The van der Waals surface area contributed by atoms with E-state index < -0.39 is 11.6 Å². The average molecular weight is 446 g/mol. The van der Waals surface area contributed by atoms with Crippen LogP contribution in [0.4, 0.5) is 11.6 Å². The Hall–Kier alpha value is -2.84. The lowest BCUT2D eigenvalue weighted by molar-refractivity contribution is -0.130. The molecular formula is C23H35N5O4. The summed E-state index contributed by atoms with van der Waals surface area (Å²) in [4.78, 5) is 46.6. The van der Waals surface area contributed by atoms with Crippen molar-refractivity contribution in [3.8, 4) is 0 Å². The normalized spacial score (nSPS) is 17.8. The van der Waals surface area contributed by atoms with Crippen LogP contribution in [-0.2, 0) is 14.3 Å². The molecule has 0 radical (unpaired) electrons. The number of piperazine rings is 1. The summed E-state index contributed by atoms with van der Waals surface area (Å²) >= 11 is 0. The van der Waals surface area contributed by atoms with Gasteiger partial charge in [-0.25, -0.2) is 9.78 Å². The maximum atomic E-state index is 12.8. The summed E-state index contributed by atoms with van der Waals surface area (Å²) in [6.07, 6.45) is 1.65. The van der Waals surface area contributed by atoms with Crippen molar-refractivity contribution in [2.45, 2.75) is 59.1 Å². The summed E-state index contributed by atoms with van der Waals surface area (Å²) in [5, 5.41) is 3.46. The minimum atomic E-state index is -0.596. The predicted molar refractivity (Wildman–Crippen MR) is 123 cm³/mol. The molecule has 0 atom stereocenters. The molecule has 2 amide bonds. The highest BCUT2D eigenvalue weighted by atomic mass is 16.6. The molecule has 2 saturated heterocycles. The van der Waals surface area contributed by atoms with E-state index in [1.165, 1.54) is 0 Å². The van der Waals surface area contributed by atoms with Gasteiger partial charge in [-0.3, -0.25) is 9.59 Å². The Kier molecular flexibility index (Phi) is 7.26. The molecule has 0 aliphatic carbocycles. The second-order valence-electron chi connectivity index (χ2n) is 9.52. The third kappa shape index (κ3) is 6.34. The first-order chi connectivity index (χ1) is 15.0. The van der Waals surface area contributed by atoms with Gasteiger partial charge in [0.15, 0.2) is 0 Å². The zero-order valence-corrected chi connectivity index (χ0v) is 19.8. The molecule has 0 unspecified atom stereocenters. The number of nitrogens with one attached hydrogen (secondary N) is 1. The van der Waals surface area contributed by atoms with Crippen LogP contribution in [-0.4, -0.2) is 83.5 Å². The van der Waals surface area contributed by atoms with E-state index in [0.717, 1.165) is 12.8 Å². The number of rotatable bonds is 4. The smallest absolute Gasteiger partial charge is 0.338 e. The molecule has 0 aromatic carbocycles. The summed E-state index contributed by atoms with van der Waals surface area (Å²) in [5.74, 6) is 1.09. The topological polar surface area (TPSA) is 95.1 Å². The number of anilines is 2. The summed E-state index contributed by atoms with van der Waals surface area (Å²) in [6.45, 7) is 12.7. The highest BCUT2D eigenvalue weighted by molar-refractivity contribution is 5.91. The number of hydrogen-bond donors (Lipinski definition) is 1. The fourth-order valence-electron chi connectivity index (χ4n) is 4.01. The number of amides is 2. The molecule has 32 heavy (non-hydrogen) atoms. The first kappa shape index (κ1) is 23.8. The molecule has 2 aliphatic heterocycles. The molecule has 2 aliphatic rings. The van der Waals surface area contributed by atoms with Crippen molar-refractivity contribution >= 4 is 29.4 Å². The number of piperidine rings is 1. The molecule has 9 heteroatoms. The first-order valence-electron chi connectivity index (χ1n) is 11.3. The van der Waals surface area contributed by atoms with Gasteiger partial charge in [0, 0.05) is 59.2 Å². The number of aromatic nitrogens is 1. The lowest BCUT2D eigenvalue weighted by atomic mass is 10.0. The third-order valence-electron chi connectivity index (χ3n) is 5.79. The fourth-order valence-corrected chi connectivity index (χ4v) is 4.01. The Labute approximate surface area is 190 Å². The number of nitrogens with zero attached hydrogens (tertiary/aromatic N) is 4. The van der Waals surface area contributed by atoms with Gasteiger partial charge in [0.2, 0.25) is 11.8 Å². The van der Waals surface area contributed by atoms with E-state index in [1.54, 1.807) is 26.0 Å². The van der Waals surface area contributed by atoms with E-state index in [1.807, 2.05) is 30.6 Å². The van der Waals surface area contributed by atoms with Crippen LogP contribution in [0.3, 0.4) is 0 Å². The van der Waals surface area contributed by atoms with Gasteiger partial charge < -0.3 is 24.8 Å². The van der Waals surface area contributed by atoms with Gasteiger partial charge in [-0.15, -0.1) is 0 Å². The lowest BCUT2D eigenvalue weighted by Crippen LogP contribution is -2.48. The van der Waals surface area contributed by atoms with Crippen molar-refractivity contribution in [1.29, 1.82) is 0 Å². The van der Waals surface area contributed by atoms with E-state index in [0.29, 0.717) is 56.5 Å². The van der Waals surface area contributed by atoms with E-state index in [9.17, 15) is 14.4 Å². The summed E-state index contributed by atoms with van der Waals surface area (Å²) in [5.41, 5.74) is -0.150. The largest absolute Gasteiger partial charge is 0.456 e. The molecule has 3 rings (SSSR count). The standard InChI is InChI=1S/C23H35N5O4/c1-16(29)26-8-6-19(7-9-26)24-20-14-18(22(31)32-23(3,4)5)15-21(25-20)28-12-10-27(11-13-28)17(2)30/h14-15,19H,6-13H2,1-5H3,(H,24,25). The maximum Gasteiger partial charge on any atom is 0.338 e. The van der Waals surface area contributed by atoms with Gasteiger partial charge >= 0.3 is 5.97 Å². The van der Waals surface area contributed by atoms with Crippen LogP contribution in [0.5, 0.6) is 0 Å². The molecule has 1 aromatic rings. The number of ether oxygens (including phenoxy) is 1. The van der Waals surface area contributed by atoms with E-state index in [2.05, 4.69) is 10.2 Å². The van der Waals surface area contributed by atoms with Crippen LogP contribution in [0.15, 0.2) is 12.1 Å². The molecule has 2 fully saturated rings. The molecule has 1 aromatic heterocycles. The van der Waals surface area contributed by atoms with Crippen molar-refractivity contribution in [2.24, 2.45) is 0 Å². The SMILES string of the molecule is CC(=O)N1CCC(Nc2cc(C(=O)OC(C)(C)C)cc(N3CCN(C(C)=O)CC3)n2)CC1. The monoisotopic (exact) mass is 445 g/mol. The molecule has 0 spiro atoms. The first-order valence-corrected chi connectivity index (χ1v) is 11.3. The quantitative estimate of drug-likeness (QED) is 0.710. The average Bonchev–Trinajstić information content (AvgIpc) is 2.72. The summed E-state index contributed by atoms with van der Waals surface area (Å²) < 4.78 is 5.59. The predicted octanol–water partition coefficient (Wildman–Crippen LogP) is 2.13. The van der Waals surface area contributed by atoms with Crippen molar-refractivity contribution in [2.75, 3.05) is 49.5 Å². The van der Waals surface area contributed by atoms with E-state index >= 15 is 0 Å². The van der Waals surface area contributed by atoms with Crippen LogP contribution in [0.2, 0.25) is 0 Å². The number of carbonyl (C=O) groups excluding carboxylic acids is 3. The molecule has 9 nitrogen and oxygen atoms in total. The molecule has 3 heterocycles. The molecule has 176 valence electrons. The Balaban J connectivity index is 1.79. The van der Waals surface area contributed by atoms with Gasteiger partial charge in [0.05, 0.1) is 5.56 Å². The number of pyridine rings is 1. The second kappa shape index (κ2) is 9.75. The Morgan fingerprint density at radius 2 is 1.50 bits per heavy atom. The molecule has 0 bridgehead atoms. The minimum Gasteiger partial charge on any atom is -0.456 e. The Bertz CT molecular complexity index is 850. The number of likely N-dealkylation sites (tertiary alicyclic amines) is 1. The molecular weight excluding hydrogens is 410 g/mol. The third-order valence-corrected chi connectivity index (χ3v) is 5.79. The lowest BCUT2D eigenvalue weighted by Gasteiger charge is -2.35. The van der Waals surface area contributed by atoms with Crippen LogP contribution in [0, 0.1) is 0 Å². The Morgan fingerprint density at radius 1 is 0.938 bits per heavy atom. The number of esters is 1. The van der Waals surface area contributed by atoms with Crippen molar-refractivity contribution in [1.82, 2.24) is 14.8 Å². The van der Waals surface area contributed by atoms with Gasteiger partial charge in [-0.05, 0) is 45.7 Å². The van der Waals surface area contributed by atoms with Crippen LogP contribution in [0.1, 0.15) is 57.8 Å². The van der Waals surface area contributed by atoms with E-state index in [-0.39, 0.29) is 17.9 Å². The fraction of sp³-hybridized carbons (Fsp3) is 0.652. The van der Waals surface area contributed by atoms with Gasteiger partial charge in [-0.1, -0.05) is 0 Å².